The fourth-order valence-electron chi connectivity index (χ4n) is 3.31. The molecule has 0 rings (SSSR count). The SMILES string of the molecule is CCCCCCCCCCCCCCNC(=O)C(CC)(OCC)OCC. The van der Waals surface area contributed by atoms with Gasteiger partial charge in [-0.05, 0) is 20.3 Å². The molecule has 0 atom stereocenters. The van der Waals surface area contributed by atoms with Crippen molar-refractivity contribution < 1.29 is 14.3 Å². The zero-order valence-electron chi connectivity index (χ0n) is 18.0. The maximum Gasteiger partial charge on any atom is 0.280 e. The molecule has 0 saturated carbocycles. The number of amides is 1. The highest BCUT2D eigenvalue weighted by Gasteiger charge is 2.38. The van der Waals surface area contributed by atoms with Crippen molar-refractivity contribution in [1.82, 2.24) is 5.32 Å². The highest BCUT2D eigenvalue weighted by molar-refractivity contribution is 5.83. The average molecular weight is 372 g/mol. The van der Waals surface area contributed by atoms with E-state index in [1.165, 1.54) is 70.6 Å². The maximum absolute atomic E-state index is 12.4. The Balaban J connectivity index is 3.62. The Bertz CT molecular complexity index is 315. The summed E-state index contributed by atoms with van der Waals surface area (Å²) in [7, 11) is 0. The second-order valence-corrected chi connectivity index (χ2v) is 7.12. The van der Waals surface area contributed by atoms with Crippen LogP contribution in [0.2, 0.25) is 0 Å². The third-order valence-electron chi connectivity index (χ3n) is 4.88. The van der Waals surface area contributed by atoms with Gasteiger partial charge in [-0.25, -0.2) is 0 Å². The minimum absolute atomic E-state index is 0.133. The lowest BCUT2D eigenvalue weighted by Gasteiger charge is -2.30. The van der Waals surface area contributed by atoms with Gasteiger partial charge in [-0.3, -0.25) is 4.79 Å². The van der Waals surface area contributed by atoms with Gasteiger partial charge in [0.25, 0.3) is 5.91 Å². The summed E-state index contributed by atoms with van der Waals surface area (Å²) in [4.78, 5) is 12.4. The van der Waals surface area contributed by atoms with Crippen molar-refractivity contribution in [2.24, 2.45) is 0 Å². The van der Waals surface area contributed by atoms with Gasteiger partial charge in [0.2, 0.25) is 5.79 Å². The molecule has 0 aromatic carbocycles. The van der Waals surface area contributed by atoms with Crippen LogP contribution in [0.15, 0.2) is 0 Å². The molecule has 0 saturated heterocycles. The van der Waals surface area contributed by atoms with E-state index in [4.69, 9.17) is 9.47 Å². The van der Waals surface area contributed by atoms with Crippen molar-refractivity contribution in [1.29, 1.82) is 0 Å². The molecule has 1 N–H and O–H groups in total. The Morgan fingerprint density at radius 2 is 1.12 bits per heavy atom. The van der Waals surface area contributed by atoms with Crippen LogP contribution in [-0.4, -0.2) is 31.5 Å². The first-order chi connectivity index (χ1) is 12.7. The predicted molar refractivity (Wildman–Crippen MR) is 110 cm³/mol. The number of carbonyl (C=O) groups is 1. The fourth-order valence-corrected chi connectivity index (χ4v) is 3.31. The van der Waals surface area contributed by atoms with E-state index in [9.17, 15) is 4.79 Å². The van der Waals surface area contributed by atoms with Crippen LogP contribution in [0.5, 0.6) is 0 Å². The number of hydrogen-bond acceptors (Lipinski definition) is 3. The van der Waals surface area contributed by atoms with Gasteiger partial charge in [0, 0.05) is 26.2 Å². The summed E-state index contributed by atoms with van der Waals surface area (Å²) < 4.78 is 11.2. The summed E-state index contributed by atoms with van der Waals surface area (Å²) in [5, 5.41) is 2.99. The normalized spacial score (nSPS) is 11.7. The van der Waals surface area contributed by atoms with Crippen LogP contribution >= 0.6 is 0 Å². The van der Waals surface area contributed by atoms with E-state index in [0.717, 1.165) is 6.42 Å². The second kappa shape index (κ2) is 17.8. The van der Waals surface area contributed by atoms with Crippen molar-refractivity contribution >= 4 is 5.91 Å². The second-order valence-electron chi connectivity index (χ2n) is 7.12. The lowest BCUT2D eigenvalue weighted by atomic mass is 10.1. The molecule has 0 aliphatic rings. The number of unbranched alkanes of at least 4 members (excludes halogenated alkanes) is 11. The predicted octanol–water partition coefficient (Wildman–Crippen LogP) is 5.98. The van der Waals surface area contributed by atoms with E-state index in [1.807, 2.05) is 20.8 Å². The highest BCUT2D eigenvalue weighted by atomic mass is 16.7. The van der Waals surface area contributed by atoms with Gasteiger partial charge in [0.05, 0.1) is 0 Å². The highest BCUT2D eigenvalue weighted by Crippen LogP contribution is 2.18. The van der Waals surface area contributed by atoms with Gasteiger partial charge >= 0.3 is 0 Å². The standard InChI is InChI=1S/C22H45NO3/c1-5-9-10-11-12-13-14-15-16-17-18-19-20-23-21(24)22(6-2,25-7-3)26-8-4/h5-20H2,1-4H3,(H,23,24). The fraction of sp³-hybridized carbons (Fsp3) is 0.955. The van der Waals surface area contributed by atoms with Crippen molar-refractivity contribution in [3.05, 3.63) is 0 Å². The molecule has 26 heavy (non-hydrogen) atoms. The van der Waals surface area contributed by atoms with E-state index >= 15 is 0 Å². The molecule has 0 fully saturated rings. The van der Waals surface area contributed by atoms with Crippen molar-refractivity contribution in [3.63, 3.8) is 0 Å². The molecule has 0 aliphatic carbocycles. The maximum atomic E-state index is 12.4. The number of hydrogen-bond donors (Lipinski definition) is 1. The molecule has 0 radical (unpaired) electrons. The quantitative estimate of drug-likeness (QED) is 0.224. The van der Waals surface area contributed by atoms with Crippen LogP contribution in [0.25, 0.3) is 0 Å². The first-order valence-corrected chi connectivity index (χ1v) is 11.2. The van der Waals surface area contributed by atoms with Gasteiger partial charge in [-0.15, -0.1) is 0 Å². The summed E-state index contributed by atoms with van der Waals surface area (Å²) in [5.74, 6) is -1.24. The summed E-state index contributed by atoms with van der Waals surface area (Å²) in [6, 6.07) is 0. The minimum Gasteiger partial charge on any atom is -0.351 e. The Labute approximate surface area is 162 Å². The van der Waals surface area contributed by atoms with Crippen LogP contribution in [0.1, 0.15) is 111 Å². The lowest BCUT2D eigenvalue weighted by Crippen LogP contribution is -2.51. The smallest absolute Gasteiger partial charge is 0.280 e. The molecule has 0 aromatic rings. The molecule has 0 spiro atoms. The van der Waals surface area contributed by atoms with Crippen LogP contribution in [0.4, 0.5) is 0 Å². The third-order valence-corrected chi connectivity index (χ3v) is 4.88. The van der Waals surface area contributed by atoms with E-state index in [0.29, 0.717) is 26.2 Å². The number of carbonyl (C=O) groups excluding carboxylic acids is 1. The molecule has 4 heteroatoms. The Morgan fingerprint density at radius 1 is 0.692 bits per heavy atom. The summed E-state index contributed by atoms with van der Waals surface area (Å²) in [6.45, 7) is 9.62. The van der Waals surface area contributed by atoms with Crippen molar-refractivity contribution in [3.8, 4) is 0 Å². The van der Waals surface area contributed by atoms with E-state index in [-0.39, 0.29) is 5.91 Å². The minimum atomic E-state index is -1.11. The van der Waals surface area contributed by atoms with E-state index in [2.05, 4.69) is 12.2 Å². The Kier molecular flexibility index (Phi) is 17.4. The molecule has 1 amide bonds. The summed E-state index contributed by atoms with van der Waals surface area (Å²) in [5.41, 5.74) is 0. The van der Waals surface area contributed by atoms with Gasteiger partial charge < -0.3 is 14.8 Å². The molecule has 156 valence electrons. The molecule has 0 aromatic heterocycles. The van der Waals surface area contributed by atoms with Crippen molar-refractivity contribution in [2.75, 3.05) is 19.8 Å². The zero-order valence-corrected chi connectivity index (χ0v) is 18.0. The molecule has 0 heterocycles. The Morgan fingerprint density at radius 3 is 1.50 bits per heavy atom. The summed E-state index contributed by atoms with van der Waals surface area (Å²) in [6.07, 6.45) is 16.4. The zero-order chi connectivity index (χ0) is 19.5. The topological polar surface area (TPSA) is 47.6 Å². The largest absolute Gasteiger partial charge is 0.351 e. The number of nitrogens with one attached hydrogen (secondary N) is 1. The number of rotatable bonds is 19. The van der Waals surface area contributed by atoms with Crippen LogP contribution in [0, 0.1) is 0 Å². The molecule has 0 unspecified atom stereocenters. The molecule has 0 bridgehead atoms. The van der Waals surface area contributed by atoms with E-state index < -0.39 is 5.79 Å². The van der Waals surface area contributed by atoms with Gasteiger partial charge in [0.1, 0.15) is 0 Å². The van der Waals surface area contributed by atoms with Crippen molar-refractivity contribution in [2.45, 2.75) is 117 Å². The van der Waals surface area contributed by atoms with Gasteiger partial charge in [-0.2, -0.15) is 0 Å². The van der Waals surface area contributed by atoms with Crippen LogP contribution in [0.3, 0.4) is 0 Å². The first kappa shape index (κ1) is 25.4. The molecular formula is C22H45NO3. The first-order valence-electron chi connectivity index (χ1n) is 11.2. The van der Waals surface area contributed by atoms with Crippen LogP contribution in [-0.2, 0) is 14.3 Å². The average Bonchev–Trinajstić information content (AvgIpc) is 2.65. The van der Waals surface area contributed by atoms with Crippen LogP contribution < -0.4 is 5.32 Å². The molecule has 4 nitrogen and oxygen atoms in total. The molecule has 0 aliphatic heterocycles. The summed E-state index contributed by atoms with van der Waals surface area (Å²) >= 11 is 0. The Hall–Kier alpha value is -0.610. The third kappa shape index (κ3) is 11.9. The monoisotopic (exact) mass is 371 g/mol. The van der Waals surface area contributed by atoms with Gasteiger partial charge in [0.15, 0.2) is 0 Å². The van der Waals surface area contributed by atoms with Gasteiger partial charge in [-0.1, -0.05) is 84.5 Å². The van der Waals surface area contributed by atoms with E-state index in [1.54, 1.807) is 0 Å². The lowest BCUT2D eigenvalue weighted by molar-refractivity contribution is -0.228. The molecular weight excluding hydrogens is 326 g/mol. The number of ether oxygens (including phenoxy) is 2.